The second kappa shape index (κ2) is 5.97. The van der Waals surface area contributed by atoms with Gasteiger partial charge in [0.05, 0.1) is 0 Å². The summed E-state index contributed by atoms with van der Waals surface area (Å²) in [5, 5.41) is 6.47. The van der Waals surface area contributed by atoms with Gasteiger partial charge in [0.15, 0.2) is 0 Å². The van der Waals surface area contributed by atoms with Crippen LogP contribution in [0.3, 0.4) is 0 Å². The molecular formula is C13H21FN2. The predicted molar refractivity (Wildman–Crippen MR) is 66.2 cm³/mol. The zero-order valence-corrected chi connectivity index (χ0v) is 10.3. The van der Waals surface area contributed by atoms with Crippen molar-refractivity contribution in [3.05, 3.63) is 35.6 Å². The molecule has 1 rings (SSSR count). The van der Waals surface area contributed by atoms with E-state index in [-0.39, 0.29) is 11.2 Å². The quantitative estimate of drug-likeness (QED) is 0.721. The molecular weight excluding hydrogens is 203 g/mol. The van der Waals surface area contributed by atoms with Crippen molar-refractivity contribution >= 4 is 0 Å². The SMILES string of the molecule is CNCCNCC(C)(C)c1ccc(F)cc1. The zero-order chi connectivity index (χ0) is 12.0. The molecule has 0 aliphatic heterocycles. The van der Waals surface area contributed by atoms with Gasteiger partial charge in [0.25, 0.3) is 0 Å². The molecule has 0 amide bonds. The Hall–Kier alpha value is -0.930. The maximum absolute atomic E-state index is 12.8. The smallest absolute Gasteiger partial charge is 0.123 e. The van der Waals surface area contributed by atoms with Crippen LogP contribution in [0.15, 0.2) is 24.3 Å². The molecule has 2 N–H and O–H groups in total. The summed E-state index contributed by atoms with van der Waals surface area (Å²) in [5.41, 5.74) is 1.19. The van der Waals surface area contributed by atoms with E-state index in [9.17, 15) is 4.39 Å². The van der Waals surface area contributed by atoms with E-state index in [2.05, 4.69) is 24.5 Å². The molecule has 0 aliphatic carbocycles. The maximum Gasteiger partial charge on any atom is 0.123 e. The van der Waals surface area contributed by atoms with Crippen LogP contribution in [0.5, 0.6) is 0 Å². The Morgan fingerprint density at radius 1 is 1.12 bits per heavy atom. The normalized spacial score (nSPS) is 11.8. The Labute approximate surface area is 97.3 Å². The summed E-state index contributed by atoms with van der Waals surface area (Å²) in [6.45, 7) is 7.11. The number of hydrogen-bond acceptors (Lipinski definition) is 2. The van der Waals surface area contributed by atoms with E-state index < -0.39 is 0 Å². The van der Waals surface area contributed by atoms with Gasteiger partial charge < -0.3 is 10.6 Å². The lowest BCUT2D eigenvalue weighted by Crippen LogP contribution is -2.36. The van der Waals surface area contributed by atoms with Crippen LogP contribution in [0.25, 0.3) is 0 Å². The van der Waals surface area contributed by atoms with Crippen LogP contribution >= 0.6 is 0 Å². The summed E-state index contributed by atoms with van der Waals surface area (Å²) in [5.74, 6) is -0.178. The van der Waals surface area contributed by atoms with Gasteiger partial charge in [-0.25, -0.2) is 4.39 Å². The van der Waals surface area contributed by atoms with Gasteiger partial charge in [-0.05, 0) is 24.7 Å². The fraction of sp³-hybridized carbons (Fsp3) is 0.538. The highest BCUT2D eigenvalue weighted by molar-refractivity contribution is 5.24. The first-order chi connectivity index (χ1) is 7.56. The number of hydrogen-bond donors (Lipinski definition) is 2. The van der Waals surface area contributed by atoms with E-state index in [1.54, 1.807) is 0 Å². The Balaban J connectivity index is 2.52. The second-order valence-electron chi connectivity index (χ2n) is 4.67. The number of likely N-dealkylation sites (N-methyl/N-ethyl adjacent to an activating group) is 1. The van der Waals surface area contributed by atoms with Crippen molar-refractivity contribution in [3.8, 4) is 0 Å². The van der Waals surface area contributed by atoms with Gasteiger partial charge in [0.1, 0.15) is 5.82 Å². The van der Waals surface area contributed by atoms with E-state index in [1.165, 1.54) is 12.1 Å². The molecule has 0 radical (unpaired) electrons. The van der Waals surface area contributed by atoms with Crippen molar-refractivity contribution in [3.63, 3.8) is 0 Å². The molecule has 0 saturated heterocycles. The third-order valence-corrected chi connectivity index (χ3v) is 2.74. The minimum atomic E-state index is -0.178. The summed E-state index contributed by atoms with van der Waals surface area (Å²) in [6.07, 6.45) is 0. The highest BCUT2D eigenvalue weighted by Crippen LogP contribution is 2.22. The van der Waals surface area contributed by atoms with Gasteiger partial charge in [-0.2, -0.15) is 0 Å². The van der Waals surface area contributed by atoms with Crippen molar-refractivity contribution in [2.45, 2.75) is 19.3 Å². The largest absolute Gasteiger partial charge is 0.318 e. The van der Waals surface area contributed by atoms with Gasteiger partial charge in [-0.15, -0.1) is 0 Å². The molecule has 0 aliphatic rings. The molecule has 0 atom stereocenters. The lowest BCUT2D eigenvalue weighted by molar-refractivity contribution is 0.467. The van der Waals surface area contributed by atoms with E-state index in [0.29, 0.717) is 0 Å². The summed E-state index contributed by atoms with van der Waals surface area (Å²) in [6, 6.07) is 6.75. The lowest BCUT2D eigenvalue weighted by Gasteiger charge is -2.25. The van der Waals surface area contributed by atoms with Gasteiger partial charge in [0.2, 0.25) is 0 Å². The lowest BCUT2D eigenvalue weighted by atomic mass is 9.84. The highest BCUT2D eigenvalue weighted by Gasteiger charge is 2.19. The Morgan fingerprint density at radius 2 is 1.75 bits per heavy atom. The average molecular weight is 224 g/mol. The predicted octanol–water partition coefficient (Wildman–Crippen LogP) is 1.91. The topological polar surface area (TPSA) is 24.1 Å². The van der Waals surface area contributed by atoms with Crippen LogP contribution < -0.4 is 10.6 Å². The van der Waals surface area contributed by atoms with Gasteiger partial charge in [0, 0.05) is 25.0 Å². The molecule has 16 heavy (non-hydrogen) atoms. The van der Waals surface area contributed by atoms with Crippen LogP contribution in [0, 0.1) is 5.82 Å². The maximum atomic E-state index is 12.8. The van der Waals surface area contributed by atoms with Gasteiger partial charge >= 0.3 is 0 Å². The first-order valence-electron chi connectivity index (χ1n) is 5.67. The fourth-order valence-electron chi connectivity index (χ4n) is 1.62. The van der Waals surface area contributed by atoms with Crippen LogP contribution in [-0.2, 0) is 5.41 Å². The molecule has 0 fully saturated rings. The number of benzene rings is 1. The molecule has 1 aromatic rings. The van der Waals surface area contributed by atoms with E-state index >= 15 is 0 Å². The monoisotopic (exact) mass is 224 g/mol. The molecule has 1 aromatic carbocycles. The molecule has 90 valence electrons. The zero-order valence-electron chi connectivity index (χ0n) is 10.3. The van der Waals surface area contributed by atoms with Gasteiger partial charge in [-0.3, -0.25) is 0 Å². The van der Waals surface area contributed by atoms with Crippen molar-refractivity contribution < 1.29 is 4.39 Å². The molecule has 3 heteroatoms. The molecule has 2 nitrogen and oxygen atoms in total. The summed E-state index contributed by atoms with van der Waals surface area (Å²) in [7, 11) is 1.94. The molecule has 0 unspecified atom stereocenters. The standard InChI is InChI=1S/C13H21FN2/c1-13(2,10-16-9-8-15-3)11-4-6-12(14)7-5-11/h4-7,15-16H,8-10H2,1-3H3. The summed E-state index contributed by atoms with van der Waals surface area (Å²) < 4.78 is 12.8. The van der Waals surface area contributed by atoms with E-state index in [1.807, 2.05) is 19.2 Å². The van der Waals surface area contributed by atoms with E-state index in [4.69, 9.17) is 0 Å². The second-order valence-corrected chi connectivity index (χ2v) is 4.67. The Kier molecular flexibility index (Phi) is 4.90. The molecule has 0 bridgehead atoms. The van der Waals surface area contributed by atoms with Crippen LogP contribution in [0.4, 0.5) is 4.39 Å². The first-order valence-corrected chi connectivity index (χ1v) is 5.67. The summed E-state index contributed by atoms with van der Waals surface area (Å²) in [4.78, 5) is 0. The van der Waals surface area contributed by atoms with Crippen molar-refractivity contribution in [1.29, 1.82) is 0 Å². The summed E-state index contributed by atoms with van der Waals surface area (Å²) >= 11 is 0. The third-order valence-electron chi connectivity index (χ3n) is 2.74. The average Bonchev–Trinajstić information content (AvgIpc) is 2.25. The number of rotatable bonds is 6. The van der Waals surface area contributed by atoms with Crippen LogP contribution in [-0.4, -0.2) is 26.7 Å². The Morgan fingerprint density at radius 3 is 2.31 bits per heavy atom. The van der Waals surface area contributed by atoms with Crippen molar-refractivity contribution in [2.24, 2.45) is 0 Å². The van der Waals surface area contributed by atoms with Crippen LogP contribution in [0.1, 0.15) is 19.4 Å². The van der Waals surface area contributed by atoms with Crippen LogP contribution in [0.2, 0.25) is 0 Å². The van der Waals surface area contributed by atoms with Crippen molar-refractivity contribution in [2.75, 3.05) is 26.7 Å². The third kappa shape index (κ3) is 3.91. The van der Waals surface area contributed by atoms with Crippen molar-refractivity contribution in [1.82, 2.24) is 10.6 Å². The minimum Gasteiger partial charge on any atom is -0.318 e. The number of nitrogens with one attached hydrogen (secondary N) is 2. The first kappa shape index (κ1) is 13.1. The fourth-order valence-corrected chi connectivity index (χ4v) is 1.62. The molecule has 0 spiro atoms. The van der Waals surface area contributed by atoms with E-state index in [0.717, 1.165) is 25.2 Å². The number of halogens is 1. The molecule has 0 aromatic heterocycles. The highest BCUT2D eigenvalue weighted by atomic mass is 19.1. The minimum absolute atomic E-state index is 0.0292. The van der Waals surface area contributed by atoms with Gasteiger partial charge in [-0.1, -0.05) is 26.0 Å². The molecule has 0 heterocycles. The Bertz CT molecular complexity index is 306. The molecule has 0 saturated carbocycles.